The summed E-state index contributed by atoms with van der Waals surface area (Å²) in [6.45, 7) is 7.75. The molecule has 1 fully saturated rings. The van der Waals surface area contributed by atoms with Crippen molar-refractivity contribution < 1.29 is 13.9 Å². The molecule has 2 aromatic heterocycles. The second-order valence-corrected chi connectivity index (χ2v) is 7.93. The zero-order valence-corrected chi connectivity index (χ0v) is 17.2. The lowest BCUT2D eigenvalue weighted by atomic mass is 10.0. The Labute approximate surface area is 175 Å². The van der Waals surface area contributed by atoms with Crippen molar-refractivity contribution >= 4 is 5.91 Å². The standard InChI is InChI=1S/C22H26FN5O2/c1-22(2,27-11-13-30-14-12-27)16-24-20(29)17-15-25-28(19-8-4-3-7-18(19)23)21(17)26-9-5-6-10-26/h3-10,15H,11-14,16H2,1-2H3,(H,24,29). The van der Waals surface area contributed by atoms with Crippen LogP contribution in [-0.2, 0) is 4.74 Å². The number of hydrogen-bond acceptors (Lipinski definition) is 4. The van der Waals surface area contributed by atoms with Gasteiger partial charge in [0.2, 0.25) is 0 Å². The van der Waals surface area contributed by atoms with Gasteiger partial charge in [-0.1, -0.05) is 12.1 Å². The van der Waals surface area contributed by atoms with Gasteiger partial charge in [-0.05, 0) is 38.1 Å². The minimum atomic E-state index is -0.408. The van der Waals surface area contributed by atoms with E-state index in [1.54, 1.807) is 22.8 Å². The highest BCUT2D eigenvalue weighted by molar-refractivity contribution is 5.97. The number of carbonyl (C=O) groups excluding carboxylic acids is 1. The number of carbonyl (C=O) groups is 1. The lowest BCUT2D eigenvalue weighted by Gasteiger charge is -2.40. The largest absolute Gasteiger partial charge is 0.379 e. The Balaban J connectivity index is 1.61. The molecule has 8 heteroatoms. The van der Waals surface area contributed by atoms with E-state index in [0.29, 0.717) is 31.1 Å². The van der Waals surface area contributed by atoms with Crippen molar-refractivity contribution in [2.24, 2.45) is 0 Å². The summed E-state index contributed by atoms with van der Waals surface area (Å²) in [5, 5.41) is 7.36. The summed E-state index contributed by atoms with van der Waals surface area (Å²) in [6, 6.07) is 10.1. The highest BCUT2D eigenvalue weighted by Crippen LogP contribution is 2.22. The summed E-state index contributed by atoms with van der Waals surface area (Å²) in [5.41, 5.74) is 0.454. The molecule has 0 bridgehead atoms. The number of rotatable bonds is 6. The average molecular weight is 411 g/mol. The molecule has 158 valence electrons. The first-order valence-electron chi connectivity index (χ1n) is 10.0. The Kier molecular flexibility index (Phi) is 5.69. The van der Waals surface area contributed by atoms with Crippen molar-refractivity contribution in [1.29, 1.82) is 0 Å². The van der Waals surface area contributed by atoms with Crippen LogP contribution in [-0.4, -0.2) is 63.5 Å². The zero-order chi connectivity index (χ0) is 21.1. The van der Waals surface area contributed by atoms with E-state index in [1.165, 1.54) is 16.9 Å². The van der Waals surface area contributed by atoms with Crippen LogP contribution < -0.4 is 5.32 Å². The Morgan fingerprint density at radius 3 is 2.57 bits per heavy atom. The van der Waals surface area contributed by atoms with Gasteiger partial charge in [-0.3, -0.25) is 9.69 Å². The van der Waals surface area contributed by atoms with Gasteiger partial charge in [0.15, 0.2) is 5.82 Å². The van der Waals surface area contributed by atoms with Crippen molar-refractivity contribution in [3.63, 3.8) is 0 Å². The first-order valence-corrected chi connectivity index (χ1v) is 10.0. The first-order chi connectivity index (χ1) is 14.5. The maximum atomic E-state index is 14.4. The number of ether oxygens (including phenoxy) is 1. The topological polar surface area (TPSA) is 64.3 Å². The second-order valence-electron chi connectivity index (χ2n) is 7.93. The van der Waals surface area contributed by atoms with Gasteiger partial charge >= 0.3 is 0 Å². The number of halogens is 1. The molecule has 30 heavy (non-hydrogen) atoms. The van der Waals surface area contributed by atoms with Crippen LogP contribution in [0.3, 0.4) is 0 Å². The predicted molar refractivity (Wildman–Crippen MR) is 112 cm³/mol. The van der Waals surface area contributed by atoms with E-state index < -0.39 is 5.82 Å². The molecule has 7 nitrogen and oxygen atoms in total. The van der Waals surface area contributed by atoms with Crippen LogP contribution >= 0.6 is 0 Å². The highest BCUT2D eigenvalue weighted by atomic mass is 19.1. The molecule has 3 heterocycles. The molecule has 0 aliphatic carbocycles. The number of morpholine rings is 1. The van der Waals surface area contributed by atoms with Gasteiger partial charge < -0.3 is 14.6 Å². The summed E-state index contributed by atoms with van der Waals surface area (Å²) in [6.07, 6.45) is 5.10. The van der Waals surface area contributed by atoms with Crippen LogP contribution in [0.5, 0.6) is 0 Å². The third-order valence-electron chi connectivity index (χ3n) is 5.47. The molecule has 1 amide bonds. The Bertz CT molecular complexity index is 1010. The molecular weight excluding hydrogens is 385 g/mol. The second kappa shape index (κ2) is 8.41. The fraction of sp³-hybridized carbons (Fsp3) is 0.364. The van der Waals surface area contributed by atoms with Crippen LogP contribution in [0.2, 0.25) is 0 Å². The smallest absolute Gasteiger partial charge is 0.256 e. The molecule has 0 unspecified atom stereocenters. The lowest BCUT2D eigenvalue weighted by Crippen LogP contribution is -2.55. The zero-order valence-electron chi connectivity index (χ0n) is 17.2. The molecule has 1 N–H and O–H groups in total. The third kappa shape index (κ3) is 4.01. The van der Waals surface area contributed by atoms with E-state index in [0.717, 1.165) is 13.1 Å². The maximum absolute atomic E-state index is 14.4. The van der Waals surface area contributed by atoms with Gasteiger partial charge in [-0.25, -0.2) is 9.07 Å². The number of amides is 1. The van der Waals surface area contributed by atoms with E-state index in [-0.39, 0.29) is 17.1 Å². The molecular formula is C22H26FN5O2. The van der Waals surface area contributed by atoms with Crippen LogP contribution in [0.25, 0.3) is 11.5 Å². The molecule has 4 rings (SSSR count). The fourth-order valence-corrected chi connectivity index (χ4v) is 3.70. The minimum Gasteiger partial charge on any atom is -0.379 e. The molecule has 3 aromatic rings. The quantitative estimate of drug-likeness (QED) is 0.677. The normalized spacial score (nSPS) is 15.3. The molecule has 0 spiro atoms. The molecule has 1 saturated heterocycles. The molecule has 0 atom stereocenters. The molecule has 1 aromatic carbocycles. The fourth-order valence-electron chi connectivity index (χ4n) is 3.70. The summed E-state index contributed by atoms with van der Waals surface area (Å²) >= 11 is 0. The maximum Gasteiger partial charge on any atom is 0.256 e. The highest BCUT2D eigenvalue weighted by Gasteiger charge is 2.29. The Hall–Kier alpha value is -2.97. The van der Waals surface area contributed by atoms with Gasteiger partial charge in [0.25, 0.3) is 5.91 Å². The number of hydrogen-bond donors (Lipinski definition) is 1. The average Bonchev–Trinajstić information content (AvgIpc) is 3.43. The Morgan fingerprint density at radius 2 is 1.87 bits per heavy atom. The van der Waals surface area contributed by atoms with Gasteiger partial charge in [0.1, 0.15) is 17.1 Å². The molecule has 1 aliphatic heterocycles. The van der Waals surface area contributed by atoms with Gasteiger partial charge in [0, 0.05) is 37.6 Å². The number of para-hydroxylation sites is 1. The van der Waals surface area contributed by atoms with Crippen LogP contribution in [0.4, 0.5) is 4.39 Å². The van der Waals surface area contributed by atoms with Crippen molar-refractivity contribution in [1.82, 2.24) is 24.6 Å². The summed E-state index contributed by atoms with van der Waals surface area (Å²) in [5.74, 6) is -0.163. The van der Waals surface area contributed by atoms with Crippen molar-refractivity contribution in [2.45, 2.75) is 19.4 Å². The van der Waals surface area contributed by atoms with E-state index in [4.69, 9.17) is 4.74 Å². The van der Waals surface area contributed by atoms with Crippen LogP contribution in [0, 0.1) is 5.82 Å². The Morgan fingerprint density at radius 1 is 1.17 bits per heavy atom. The van der Waals surface area contributed by atoms with Crippen LogP contribution in [0.15, 0.2) is 55.0 Å². The van der Waals surface area contributed by atoms with Crippen molar-refractivity contribution in [3.05, 3.63) is 66.4 Å². The monoisotopic (exact) mass is 411 g/mol. The van der Waals surface area contributed by atoms with E-state index >= 15 is 0 Å². The SMILES string of the molecule is CC(C)(CNC(=O)c1cnn(-c2ccccc2F)c1-n1cccc1)N1CCOCC1. The van der Waals surface area contributed by atoms with E-state index in [1.807, 2.05) is 24.5 Å². The minimum absolute atomic E-state index is 0.214. The summed E-state index contributed by atoms with van der Waals surface area (Å²) < 4.78 is 23.1. The van der Waals surface area contributed by atoms with Gasteiger partial charge in [-0.15, -0.1) is 0 Å². The third-order valence-corrected chi connectivity index (χ3v) is 5.47. The van der Waals surface area contributed by atoms with Crippen molar-refractivity contribution in [3.8, 4) is 11.5 Å². The summed E-state index contributed by atoms with van der Waals surface area (Å²) in [7, 11) is 0. The van der Waals surface area contributed by atoms with Gasteiger partial charge in [-0.2, -0.15) is 5.10 Å². The van der Waals surface area contributed by atoms with E-state index in [2.05, 4.69) is 29.2 Å². The number of nitrogens with one attached hydrogen (secondary N) is 1. The van der Waals surface area contributed by atoms with E-state index in [9.17, 15) is 9.18 Å². The first kappa shape index (κ1) is 20.3. The van der Waals surface area contributed by atoms with Crippen molar-refractivity contribution in [2.75, 3.05) is 32.8 Å². The number of nitrogens with zero attached hydrogens (tertiary/aromatic N) is 4. The summed E-state index contributed by atoms with van der Waals surface area (Å²) in [4.78, 5) is 15.4. The lowest BCUT2D eigenvalue weighted by molar-refractivity contribution is -0.00923. The number of aromatic nitrogens is 3. The molecule has 0 radical (unpaired) electrons. The number of benzene rings is 1. The molecule has 0 saturated carbocycles. The van der Waals surface area contributed by atoms with Crippen LogP contribution in [0.1, 0.15) is 24.2 Å². The van der Waals surface area contributed by atoms with Gasteiger partial charge in [0.05, 0.1) is 19.4 Å². The molecule has 1 aliphatic rings. The predicted octanol–water partition coefficient (Wildman–Crippen LogP) is 2.64.